The van der Waals surface area contributed by atoms with Gasteiger partial charge in [0.25, 0.3) is 0 Å². The van der Waals surface area contributed by atoms with E-state index in [9.17, 15) is 0 Å². The summed E-state index contributed by atoms with van der Waals surface area (Å²) >= 11 is 6.22. The Balaban J connectivity index is 2.14. The third-order valence-corrected chi connectivity index (χ3v) is 3.68. The molecule has 3 rings (SSSR count). The first-order chi connectivity index (χ1) is 9.16. The number of ether oxygens (including phenoxy) is 1. The molecule has 3 nitrogen and oxygen atoms in total. The van der Waals surface area contributed by atoms with Crippen LogP contribution in [0.2, 0.25) is 5.15 Å². The molecule has 1 aromatic heterocycles. The van der Waals surface area contributed by atoms with Crippen LogP contribution in [-0.2, 0) is 6.42 Å². The van der Waals surface area contributed by atoms with Gasteiger partial charge in [-0.3, -0.25) is 0 Å². The average Bonchev–Trinajstić information content (AvgIpc) is 2.85. The molecule has 0 saturated heterocycles. The number of rotatable bonds is 2. The van der Waals surface area contributed by atoms with Gasteiger partial charge in [-0.2, -0.15) is 0 Å². The standard InChI is InChI=1S/C15H15ClN2O/c1-9(2)13-14(17-8-18-15(13)16)11-3-4-12-10(7-11)5-6-19-12/h3-4,7-9H,5-6H2,1-2H3. The van der Waals surface area contributed by atoms with Crippen LogP contribution in [0.4, 0.5) is 0 Å². The van der Waals surface area contributed by atoms with E-state index in [-0.39, 0.29) is 5.92 Å². The van der Waals surface area contributed by atoms with Crippen LogP contribution in [0.3, 0.4) is 0 Å². The van der Waals surface area contributed by atoms with E-state index in [0.717, 1.165) is 35.6 Å². The first-order valence-electron chi connectivity index (χ1n) is 6.43. The normalized spacial score (nSPS) is 13.5. The van der Waals surface area contributed by atoms with Crippen LogP contribution in [0, 0.1) is 0 Å². The molecule has 0 spiro atoms. The molecule has 98 valence electrons. The van der Waals surface area contributed by atoms with Gasteiger partial charge in [0, 0.05) is 17.5 Å². The van der Waals surface area contributed by atoms with Gasteiger partial charge in [0.05, 0.1) is 12.3 Å². The topological polar surface area (TPSA) is 35.0 Å². The van der Waals surface area contributed by atoms with E-state index >= 15 is 0 Å². The molecule has 0 aliphatic carbocycles. The van der Waals surface area contributed by atoms with E-state index in [4.69, 9.17) is 16.3 Å². The molecule has 4 heteroatoms. The largest absolute Gasteiger partial charge is 0.493 e. The van der Waals surface area contributed by atoms with Crippen molar-refractivity contribution in [1.29, 1.82) is 0 Å². The lowest BCUT2D eigenvalue weighted by Crippen LogP contribution is -1.99. The minimum Gasteiger partial charge on any atom is -0.493 e. The first-order valence-corrected chi connectivity index (χ1v) is 6.81. The molecule has 0 bridgehead atoms. The Bertz CT molecular complexity index is 626. The number of fused-ring (bicyclic) bond motifs is 1. The predicted octanol–water partition coefficient (Wildman–Crippen LogP) is 3.86. The third kappa shape index (κ3) is 2.19. The fourth-order valence-corrected chi connectivity index (χ4v) is 2.80. The van der Waals surface area contributed by atoms with Crippen LogP contribution in [0.25, 0.3) is 11.3 Å². The molecule has 0 unspecified atom stereocenters. The van der Waals surface area contributed by atoms with Crippen LogP contribution in [0.5, 0.6) is 5.75 Å². The van der Waals surface area contributed by atoms with E-state index in [0.29, 0.717) is 5.15 Å². The van der Waals surface area contributed by atoms with Crippen molar-refractivity contribution in [3.8, 4) is 17.0 Å². The molecule has 1 aliphatic heterocycles. The lowest BCUT2D eigenvalue weighted by Gasteiger charge is -2.13. The molecule has 1 aromatic carbocycles. The molecule has 0 N–H and O–H groups in total. The van der Waals surface area contributed by atoms with Gasteiger partial charge in [-0.25, -0.2) is 9.97 Å². The molecular formula is C15H15ClN2O. The Morgan fingerprint density at radius 3 is 2.89 bits per heavy atom. The Morgan fingerprint density at radius 1 is 1.26 bits per heavy atom. The van der Waals surface area contributed by atoms with Crippen molar-refractivity contribution >= 4 is 11.6 Å². The van der Waals surface area contributed by atoms with Crippen LogP contribution in [0.1, 0.15) is 30.9 Å². The molecule has 0 fully saturated rings. The Hall–Kier alpha value is -1.61. The maximum atomic E-state index is 6.22. The summed E-state index contributed by atoms with van der Waals surface area (Å²) in [5.41, 5.74) is 4.24. The number of aromatic nitrogens is 2. The van der Waals surface area contributed by atoms with Crippen LogP contribution < -0.4 is 4.74 Å². The molecule has 0 saturated carbocycles. The summed E-state index contributed by atoms with van der Waals surface area (Å²) in [5, 5.41) is 0.539. The van der Waals surface area contributed by atoms with E-state index in [1.54, 1.807) is 0 Å². The lowest BCUT2D eigenvalue weighted by atomic mass is 9.97. The van der Waals surface area contributed by atoms with E-state index in [1.807, 2.05) is 12.1 Å². The second-order valence-electron chi connectivity index (χ2n) is 5.00. The van der Waals surface area contributed by atoms with Gasteiger partial charge < -0.3 is 4.74 Å². The Labute approximate surface area is 117 Å². The predicted molar refractivity (Wildman–Crippen MR) is 75.8 cm³/mol. The van der Waals surface area contributed by atoms with Gasteiger partial charge in [0.15, 0.2) is 0 Å². The average molecular weight is 275 g/mol. The zero-order valence-corrected chi connectivity index (χ0v) is 11.7. The van der Waals surface area contributed by atoms with E-state index in [2.05, 4.69) is 29.9 Å². The summed E-state index contributed by atoms with van der Waals surface area (Å²) in [6, 6.07) is 6.19. The monoisotopic (exact) mass is 274 g/mol. The Morgan fingerprint density at radius 2 is 2.11 bits per heavy atom. The molecule has 0 atom stereocenters. The smallest absolute Gasteiger partial charge is 0.136 e. The van der Waals surface area contributed by atoms with Crippen molar-refractivity contribution in [3.05, 3.63) is 40.8 Å². The highest BCUT2D eigenvalue weighted by Gasteiger charge is 2.18. The SMILES string of the molecule is CC(C)c1c(Cl)ncnc1-c1ccc2c(c1)CCO2. The highest BCUT2D eigenvalue weighted by atomic mass is 35.5. The summed E-state index contributed by atoms with van der Waals surface area (Å²) in [4.78, 5) is 8.51. The zero-order chi connectivity index (χ0) is 13.4. The quantitative estimate of drug-likeness (QED) is 0.780. The second kappa shape index (κ2) is 4.82. The molecule has 19 heavy (non-hydrogen) atoms. The maximum absolute atomic E-state index is 6.22. The van der Waals surface area contributed by atoms with Crippen LogP contribution in [0.15, 0.2) is 24.5 Å². The summed E-state index contributed by atoms with van der Waals surface area (Å²) in [6.45, 7) is 4.97. The number of nitrogens with zero attached hydrogens (tertiary/aromatic N) is 2. The van der Waals surface area contributed by atoms with Gasteiger partial charge in [-0.1, -0.05) is 25.4 Å². The van der Waals surface area contributed by atoms with Crippen molar-refractivity contribution in [2.75, 3.05) is 6.61 Å². The van der Waals surface area contributed by atoms with Crippen molar-refractivity contribution in [3.63, 3.8) is 0 Å². The molecular weight excluding hydrogens is 260 g/mol. The zero-order valence-electron chi connectivity index (χ0n) is 11.0. The fourth-order valence-electron chi connectivity index (χ4n) is 2.45. The molecule has 0 amide bonds. The van der Waals surface area contributed by atoms with Crippen molar-refractivity contribution in [2.45, 2.75) is 26.2 Å². The van der Waals surface area contributed by atoms with E-state index < -0.39 is 0 Å². The lowest BCUT2D eigenvalue weighted by molar-refractivity contribution is 0.357. The van der Waals surface area contributed by atoms with Crippen molar-refractivity contribution in [2.24, 2.45) is 0 Å². The highest BCUT2D eigenvalue weighted by molar-refractivity contribution is 6.30. The summed E-state index contributed by atoms with van der Waals surface area (Å²) < 4.78 is 5.53. The molecule has 2 aromatic rings. The minimum absolute atomic E-state index is 0.285. The Kier molecular flexibility index (Phi) is 3.15. The van der Waals surface area contributed by atoms with Gasteiger partial charge >= 0.3 is 0 Å². The molecule has 0 radical (unpaired) electrons. The van der Waals surface area contributed by atoms with Crippen molar-refractivity contribution < 1.29 is 4.74 Å². The first kappa shape index (κ1) is 12.4. The van der Waals surface area contributed by atoms with Gasteiger partial charge in [-0.15, -0.1) is 0 Å². The summed E-state index contributed by atoms with van der Waals surface area (Å²) in [7, 11) is 0. The van der Waals surface area contributed by atoms with Crippen LogP contribution in [-0.4, -0.2) is 16.6 Å². The summed E-state index contributed by atoms with van der Waals surface area (Å²) in [5.74, 6) is 1.27. The molecule has 2 heterocycles. The maximum Gasteiger partial charge on any atom is 0.136 e. The van der Waals surface area contributed by atoms with E-state index in [1.165, 1.54) is 11.9 Å². The minimum atomic E-state index is 0.285. The number of hydrogen-bond donors (Lipinski definition) is 0. The number of hydrogen-bond acceptors (Lipinski definition) is 3. The van der Waals surface area contributed by atoms with Crippen molar-refractivity contribution in [1.82, 2.24) is 9.97 Å². The third-order valence-electron chi connectivity index (χ3n) is 3.38. The summed E-state index contributed by atoms with van der Waals surface area (Å²) in [6.07, 6.45) is 2.48. The van der Waals surface area contributed by atoms with Gasteiger partial charge in [-0.05, 0) is 29.7 Å². The number of halogens is 1. The van der Waals surface area contributed by atoms with Crippen LogP contribution >= 0.6 is 11.6 Å². The highest BCUT2D eigenvalue weighted by Crippen LogP contribution is 2.35. The second-order valence-corrected chi connectivity index (χ2v) is 5.36. The number of benzene rings is 1. The van der Waals surface area contributed by atoms with Gasteiger partial charge in [0.2, 0.25) is 0 Å². The van der Waals surface area contributed by atoms with Gasteiger partial charge in [0.1, 0.15) is 17.2 Å². The molecule has 1 aliphatic rings. The fraction of sp³-hybridized carbons (Fsp3) is 0.333.